The maximum Gasteiger partial charge on any atom is 0.0934 e. The minimum absolute atomic E-state index is 0.352. The number of hydrogen-bond donors (Lipinski definition) is 2. The first-order chi connectivity index (χ1) is 7.27. The summed E-state index contributed by atoms with van der Waals surface area (Å²) in [6.45, 7) is 4.02. The van der Waals surface area contributed by atoms with Gasteiger partial charge in [-0.3, -0.25) is 0 Å². The Morgan fingerprint density at radius 1 is 1.40 bits per heavy atom. The minimum Gasteiger partial charge on any atom is -0.385 e. The van der Waals surface area contributed by atoms with Crippen LogP contribution in [0.15, 0.2) is 30.3 Å². The van der Waals surface area contributed by atoms with Gasteiger partial charge in [-0.05, 0) is 24.9 Å². The third-order valence-corrected chi connectivity index (χ3v) is 3.55. The molecule has 0 aliphatic carbocycles. The second-order valence-electron chi connectivity index (χ2n) is 4.33. The third-order valence-electron chi connectivity index (χ3n) is 3.55. The van der Waals surface area contributed by atoms with Crippen molar-refractivity contribution < 1.29 is 5.11 Å². The SMILES string of the molecule is CC[C@@](O)(c1ccccc1)[C@@H]1CCNC1. The highest BCUT2D eigenvalue weighted by Crippen LogP contribution is 2.36. The van der Waals surface area contributed by atoms with E-state index in [-0.39, 0.29) is 0 Å². The Bertz CT molecular complexity index is 306. The van der Waals surface area contributed by atoms with Crippen LogP contribution in [0.1, 0.15) is 25.3 Å². The van der Waals surface area contributed by atoms with Crippen molar-refractivity contribution in [2.24, 2.45) is 5.92 Å². The van der Waals surface area contributed by atoms with E-state index in [2.05, 4.69) is 12.2 Å². The maximum atomic E-state index is 10.8. The molecule has 0 unspecified atom stereocenters. The average molecular weight is 205 g/mol. The summed E-state index contributed by atoms with van der Waals surface area (Å²) >= 11 is 0. The molecule has 0 saturated carbocycles. The van der Waals surface area contributed by atoms with E-state index in [1.54, 1.807) is 0 Å². The molecule has 15 heavy (non-hydrogen) atoms. The van der Waals surface area contributed by atoms with Gasteiger partial charge in [0, 0.05) is 12.5 Å². The topological polar surface area (TPSA) is 32.3 Å². The number of benzene rings is 1. The molecule has 1 fully saturated rings. The lowest BCUT2D eigenvalue weighted by molar-refractivity contribution is -0.0204. The van der Waals surface area contributed by atoms with Crippen LogP contribution >= 0.6 is 0 Å². The summed E-state index contributed by atoms with van der Waals surface area (Å²) in [7, 11) is 0. The summed E-state index contributed by atoms with van der Waals surface area (Å²) in [5.74, 6) is 0.352. The van der Waals surface area contributed by atoms with Crippen molar-refractivity contribution in [3.63, 3.8) is 0 Å². The van der Waals surface area contributed by atoms with Gasteiger partial charge < -0.3 is 10.4 Å². The van der Waals surface area contributed by atoms with Gasteiger partial charge in [0.05, 0.1) is 5.60 Å². The van der Waals surface area contributed by atoms with Gasteiger partial charge in [0.2, 0.25) is 0 Å². The lowest BCUT2D eigenvalue weighted by Gasteiger charge is -2.33. The van der Waals surface area contributed by atoms with Crippen molar-refractivity contribution in [1.29, 1.82) is 0 Å². The van der Waals surface area contributed by atoms with Gasteiger partial charge in [0.1, 0.15) is 0 Å². The van der Waals surface area contributed by atoms with Crippen LogP contribution in [0, 0.1) is 5.92 Å². The van der Waals surface area contributed by atoms with Crippen LogP contribution in [-0.4, -0.2) is 18.2 Å². The van der Waals surface area contributed by atoms with Gasteiger partial charge >= 0.3 is 0 Å². The molecule has 1 aliphatic heterocycles. The summed E-state index contributed by atoms with van der Waals surface area (Å²) in [6, 6.07) is 10.0. The normalized spacial score (nSPS) is 25.1. The van der Waals surface area contributed by atoms with Gasteiger partial charge in [-0.1, -0.05) is 37.3 Å². The highest BCUT2D eigenvalue weighted by Gasteiger charge is 2.37. The minimum atomic E-state index is -0.648. The summed E-state index contributed by atoms with van der Waals surface area (Å²) in [5, 5.41) is 14.1. The molecule has 0 amide bonds. The average Bonchev–Trinajstić information content (AvgIpc) is 2.83. The molecule has 1 aromatic carbocycles. The van der Waals surface area contributed by atoms with Crippen molar-refractivity contribution in [2.45, 2.75) is 25.4 Å². The van der Waals surface area contributed by atoms with E-state index in [1.807, 2.05) is 30.3 Å². The monoisotopic (exact) mass is 205 g/mol. The van der Waals surface area contributed by atoms with Gasteiger partial charge in [0.25, 0.3) is 0 Å². The lowest BCUT2D eigenvalue weighted by Crippen LogP contribution is -2.35. The number of nitrogens with one attached hydrogen (secondary N) is 1. The Labute approximate surface area is 91.3 Å². The predicted molar refractivity (Wildman–Crippen MR) is 61.6 cm³/mol. The number of aliphatic hydroxyl groups is 1. The first-order valence-corrected chi connectivity index (χ1v) is 5.76. The fourth-order valence-corrected chi connectivity index (χ4v) is 2.52. The fraction of sp³-hybridized carbons (Fsp3) is 0.538. The highest BCUT2D eigenvalue weighted by molar-refractivity contribution is 5.23. The van der Waals surface area contributed by atoms with E-state index in [9.17, 15) is 5.11 Å². The molecule has 2 rings (SSSR count). The molecule has 0 spiro atoms. The van der Waals surface area contributed by atoms with E-state index in [4.69, 9.17) is 0 Å². The molecule has 1 aliphatic rings. The Morgan fingerprint density at radius 2 is 2.13 bits per heavy atom. The molecule has 0 radical (unpaired) electrons. The van der Waals surface area contributed by atoms with Crippen molar-refractivity contribution in [1.82, 2.24) is 5.32 Å². The van der Waals surface area contributed by atoms with Gasteiger partial charge in [-0.15, -0.1) is 0 Å². The second kappa shape index (κ2) is 4.33. The van der Waals surface area contributed by atoms with Crippen LogP contribution in [0.5, 0.6) is 0 Å². The second-order valence-corrected chi connectivity index (χ2v) is 4.33. The van der Waals surface area contributed by atoms with Gasteiger partial charge in [-0.2, -0.15) is 0 Å². The maximum absolute atomic E-state index is 10.8. The highest BCUT2D eigenvalue weighted by atomic mass is 16.3. The Hall–Kier alpha value is -0.860. The zero-order valence-corrected chi connectivity index (χ0v) is 9.24. The first-order valence-electron chi connectivity index (χ1n) is 5.76. The summed E-state index contributed by atoms with van der Waals surface area (Å²) in [4.78, 5) is 0. The van der Waals surface area contributed by atoms with Crippen LogP contribution < -0.4 is 5.32 Å². The molecule has 2 heteroatoms. The number of rotatable bonds is 3. The molecule has 2 atom stereocenters. The van der Waals surface area contributed by atoms with Crippen molar-refractivity contribution in [3.8, 4) is 0 Å². The third kappa shape index (κ3) is 1.92. The van der Waals surface area contributed by atoms with Crippen molar-refractivity contribution in [2.75, 3.05) is 13.1 Å². The first kappa shape index (κ1) is 10.7. The zero-order valence-electron chi connectivity index (χ0n) is 9.24. The molecule has 2 N–H and O–H groups in total. The molecule has 1 saturated heterocycles. The number of hydrogen-bond acceptors (Lipinski definition) is 2. The van der Waals surface area contributed by atoms with Crippen LogP contribution in [0.3, 0.4) is 0 Å². The standard InChI is InChI=1S/C13H19NO/c1-2-13(15,12-8-9-14-10-12)11-6-4-3-5-7-11/h3-7,12,14-15H,2,8-10H2,1H3/t12-,13-/m1/s1. The molecular formula is C13H19NO. The van der Waals surface area contributed by atoms with E-state index in [0.29, 0.717) is 5.92 Å². The molecule has 0 bridgehead atoms. The van der Waals surface area contributed by atoms with Crippen LogP contribution in [0.2, 0.25) is 0 Å². The van der Waals surface area contributed by atoms with E-state index >= 15 is 0 Å². The predicted octanol–water partition coefficient (Wildman–Crippen LogP) is 1.89. The van der Waals surface area contributed by atoms with Gasteiger partial charge in [0.15, 0.2) is 0 Å². The molecular weight excluding hydrogens is 186 g/mol. The Balaban J connectivity index is 2.28. The Morgan fingerprint density at radius 3 is 2.67 bits per heavy atom. The van der Waals surface area contributed by atoms with Crippen molar-refractivity contribution >= 4 is 0 Å². The van der Waals surface area contributed by atoms with Crippen LogP contribution in [0.25, 0.3) is 0 Å². The van der Waals surface area contributed by atoms with Gasteiger partial charge in [-0.25, -0.2) is 0 Å². The Kier molecular flexibility index (Phi) is 3.08. The summed E-state index contributed by atoms with van der Waals surface area (Å²) in [5.41, 5.74) is 0.409. The molecule has 1 aromatic rings. The smallest absolute Gasteiger partial charge is 0.0934 e. The van der Waals surface area contributed by atoms with Crippen LogP contribution in [0.4, 0.5) is 0 Å². The van der Waals surface area contributed by atoms with Crippen molar-refractivity contribution in [3.05, 3.63) is 35.9 Å². The van der Waals surface area contributed by atoms with E-state index in [1.165, 1.54) is 0 Å². The van der Waals surface area contributed by atoms with E-state index in [0.717, 1.165) is 31.5 Å². The zero-order chi connectivity index (χ0) is 10.7. The quantitative estimate of drug-likeness (QED) is 0.790. The molecule has 82 valence electrons. The van der Waals surface area contributed by atoms with E-state index < -0.39 is 5.60 Å². The fourth-order valence-electron chi connectivity index (χ4n) is 2.52. The molecule has 1 heterocycles. The summed E-state index contributed by atoms with van der Waals surface area (Å²) in [6.07, 6.45) is 1.85. The molecule has 2 nitrogen and oxygen atoms in total. The molecule has 0 aromatic heterocycles. The lowest BCUT2D eigenvalue weighted by atomic mass is 9.79. The summed E-state index contributed by atoms with van der Waals surface area (Å²) < 4.78 is 0. The van der Waals surface area contributed by atoms with Crippen LogP contribution in [-0.2, 0) is 5.60 Å². The largest absolute Gasteiger partial charge is 0.385 e.